The van der Waals surface area contributed by atoms with Gasteiger partial charge in [-0.1, -0.05) is 183 Å². The lowest BCUT2D eigenvalue weighted by Gasteiger charge is -2.27. The summed E-state index contributed by atoms with van der Waals surface area (Å²) in [5, 5.41) is 2.98. The van der Waals surface area contributed by atoms with Gasteiger partial charge in [-0.15, -0.1) is 0 Å². The summed E-state index contributed by atoms with van der Waals surface area (Å²) < 4.78 is 30.4. The zero-order valence-electron chi connectivity index (χ0n) is 41.7. The van der Waals surface area contributed by atoms with Crippen molar-refractivity contribution in [1.29, 1.82) is 0 Å². The molecule has 0 radical (unpaired) electrons. The quantitative estimate of drug-likeness (QED) is 0.0206. The molecule has 0 saturated heterocycles. The van der Waals surface area contributed by atoms with Crippen molar-refractivity contribution in [2.75, 3.05) is 40.9 Å². The van der Waals surface area contributed by atoms with Crippen molar-refractivity contribution in [2.24, 2.45) is 0 Å². The van der Waals surface area contributed by atoms with E-state index >= 15 is 0 Å². The highest BCUT2D eigenvalue weighted by molar-refractivity contribution is 7.47. The molecule has 64 heavy (non-hydrogen) atoms. The highest BCUT2D eigenvalue weighted by Crippen LogP contribution is 2.43. The number of quaternary nitrogens is 1. The minimum absolute atomic E-state index is 0.0221. The average molecular weight is 916 g/mol. The molecule has 0 aliphatic carbocycles. The summed E-state index contributed by atoms with van der Waals surface area (Å²) in [5.74, 6) is -0.623. The molecule has 0 heterocycles. The van der Waals surface area contributed by atoms with Crippen molar-refractivity contribution < 1.29 is 37.3 Å². The molecule has 0 bridgehead atoms. The SMILES string of the molecule is CC/C=C/C/C=C/C/C=C/C/C=C/C/C=C/CCC(=O)NC(COP(=O)(O)OCC[N+](C)(C)C)C(/C=C\CCCCCCCCCCC)OC(=O)CCCCCCC/C=C\CCCC. The summed E-state index contributed by atoms with van der Waals surface area (Å²) in [6.45, 7) is 6.75. The van der Waals surface area contributed by atoms with E-state index in [1.54, 1.807) is 0 Å². The number of rotatable bonds is 44. The first-order chi connectivity index (χ1) is 30.9. The van der Waals surface area contributed by atoms with Crippen molar-refractivity contribution in [1.82, 2.24) is 5.32 Å². The Hall–Kier alpha value is -2.81. The summed E-state index contributed by atoms with van der Waals surface area (Å²) in [6, 6.07) is -0.892. The minimum Gasteiger partial charge on any atom is -0.456 e. The van der Waals surface area contributed by atoms with Crippen molar-refractivity contribution in [3.63, 3.8) is 0 Å². The van der Waals surface area contributed by atoms with Crippen LogP contribution in [0.1, 0.15) is 194 Å². The molecule has 1 amide bonds. The molecule has 2 N–H and O–H groups in total. The normalized spacial score (nSPS) is 14.7. The minimum atomic E-state index is -4.46. The van der Waals surface area contributed by atoms with Gasteiger partial charge >= 0.3 is 13.8 Å². The number of allylic oxidation sites excluding steroid dienone is 13. The van der Waals surface area contributed by atoms with E-state index in [1.165, 1.54) is 57.8 Å². The fourth-order valence-corrected chi connectivity index (χ4v) is 7.35. The third-order valence-corrected chi connectivity index (χ3v) is 11.6. The third kappa shape index (κ3) is 44.4. The summed E-state index contributed by atoms with van der Waals surface area (Å²) in [7, 11) is 1.43. The maximum Gasteiger partial charge on any atom is 0.472 e. The van der Waals surface area contributed by atoms with E-state index in [1.807, 2.05) is 45.4 Å². The molecule has 3 atom stereocenters. The predicted octanol–water partition coefficient (Wildman–Crippen LogP) is 14.7. The highest BCUT2D eigenvalue weighted by atomic mass is 31.2. The molecule has 0 aliphatic rings. The van der Waals surface area contributed by atoms with Crippen molar-refractivity contribution >= 4 is 19.7 Å². The molecule has 0 rings (SSSR count). The van der Waals surface area contributed by atoms with E-state index in [2.05, 4.69) is 86.8 Å². The zero-order valence-corrected chi connectivity index (χ0v) is 42.6. The number of hydrogen-bond acceptors (Lipinski definition) is 6. The van der Waals surface area contributed by atoms with E-state index in [0.717, 1.165) is 89.9 Å². The Morgan fingerprint density at radius 1 is 0.562 bits per heavy atom. The van der Waals surface area contributed by atoms with Gasteiger partial charge in [-0.2, -0.15) is 0 Å². The van der Waals surface area contributed by atoms with Crippen LogP contribution >= 0.6 is 7.82 Å². The second kappa shape index (κ2) is 44.0. The first-order valence-electron chi connectivity index (χ1n) is 25.4. The topological polar surface area (TPSA) is 111 Å². The van der Waals surface area contributed by atoms with Gasteiger partial charge in [0.2, 0.25) is 5.91 Å². The second-order valence-corrected chi connectivity index (χ2v) is 19.4. The maximum atomic E-state index is 13.4. The Kier molecular flexibility index (Phi) is 42.1. The van der Waals surface area contributed by atoms with Gasteiger partial charge in [0.25, 0.3) is 0 Å². The Bertz CT molecular complexity index is 1380. The Morgan fingerprint density at radius 3 is 1.58 bits per heavy atom. The van der Waals surface area contributed by atoms with Crippen LogP contribution in [0.25, 0.3) is 0 Å². The van der Waals surface area contributed by atoms with Crippen LogP contribution in [0.3, 0.4) is 0 Å². The number of amides is 1. The number of phosphoric acid groups is 1. The van der Waals surface area contributed by atoms with Crippen LogP contribution in [-0.2, 0) is 27.9 Å². The van der Waals surface area contributed by atoms with Crippen LogP contribution in [0, 0.1) is 0 Å². The first kappa shape index (κ1) is 61.2. The molecule has 0 fully saturated rings. The Balaban J connectivity index is 5.56. The molecular formula is C54H96N2O7P+. The standard InChI is InChI=1S/C54H95N2O7P/c1-7-10-13-16-19-22-25-26-27-28-29-32-34-37-40-43-46-53(57)55-51(50-62-64(59,60)61-49-48-56(4,5)6)52(45-42-39-36-33-30-23-20-17-14-11-8-2)63-54(58)47-44-41-38-35-31-24-21-18-15-12-9-3/h10,13,18-19,21-22,26-27,29,32,37,40,42,45,51-52H,7-9,11-12,14-17,20,23-25,28,30-31,33-36,38-39,41,43-44,46-50H2,1-6H3,(H-,55,57,59,60)/p+1/b13-10+,21-18-,22-19+,27-26+,32-29+,40-37+,45-42-. The molecule has 9 nitrogen and oxygen atoms in total. The molecule has 0 spiro atoms. The van der Waals surface area contributed by atoms with Gasteiger partial charge in [0, 0.05) is 12.8 Å². The second-order valence-electron chi connectivity index (χ2n) is 18.0. The van der Waals surface area contributed by atoms with Crippen LogP contribution in [0.4, 0.5) is 0 Å². The lowest BCUT2D eigenvalue weighted by atomic mass is 10.1. The highest BCUT2D eigenvalue weighted by Gasteiger charge is 2.30. The van der Waals surface area contributed by atoms with Crippen molar-refractivity contribution in [2.45, 2.75) is 206 Å². The van der Waals surface area contributed by atoms with Crippen LogP contribution < -0.4 is 5.32 Å². The molecule has 0 aliphatic heterocycles. The fraction of sp³-hybridized carbons (Fsp3) is 0.704. The Morgan fingerprint density at radius 2 is 1.03 bits per heavy atom. The van der Waals surface area contributed by atoms with Crippen LogP contribution in [-0.4, -0.2) is 74.3 Å². The van der Waals surface area contributed by atoms with Crippen LogP contribution in [0.5, 0.6) is 0 Å². The van der Waals surface area contributed by atoms with Gasteiger partial charge in [0.15, 0.2) is 0 Å². The van der Waals surface area contributed by atoms with Gasteiger partial charge in [-0.3, -0.25) is 18.6 Å². The zero-order chi connectivity index (χ0) is 47.3. The molecule has 0 aromatic carbocycles. The number of phosphoric ester groups is 1. The number of ether oxygens (including phenoxy) is 1. The van der Waals surface area contributed by atoms with Crippen molar-refractivity contribution in [3.8, 4) is 0 Å². The number of esters is 1. The summed E-state index contributed by atoms with van der Waals surface area (Å²) in [4.78, 5) is 37.3. The number of likely N-dealkylation sites (N-methyl/N-ethyl adjacent to an activating group) is 1. The number of hydrogen-bond donors (Lipinski definition) is 2. The van der Waals surface area contributed by atoms with Crippen molar-refractivity contribution in [3.05, 3.63) is 85.1 Å². The molecule has 368 valence electrons. The van der Waals surface area contributed by atoms with Gasteiger partial charge < -0.3 is 19.4 Å². The largest absolute Gasteiger partial charge is 0.472 e. The molecule has 0 aromatic rings. The smallest absolute Gasteiger partial charge is 0.456 e. The average Bonchev–Trinajstić information content (AvgIpc) is 3.25. The third-order valence-electron chi connectivity index (χ3n) is 10.6. The van der Waals surface area contributed by atoms with E-state index in [9.17, 15) is 19.0 Å². The van der Waals surface area contributed by atoms with Crippen LogP contribution in [0.15, 0.2) is 85.1 Å². The number of carbonyl (C=O) groups is 2. The maximum absolute atomic E-state index is 13.4. The molecule has 3 unspecified atom stereocenters. The summed E-state index contributed by atoms with van der Waals surface area (Å²) >= 11 is 0. The fourth-order valence-electron chi connectivity index (χ4n) is 6.61. The number of carbonyl (C=O) groups excluding carboxylic acids is 2. The Labute approximate surface area is 393 Å². The van der Waals surface area contributed by atoms with E-state index in [4.69, 9.17) is 13.8 Å². The number of nitrogens with one attached hydrogen (secondary N) is 1. The van der Waals surface area contributed by atoms with E-state index in [0.29, 0.717) is 23.9 Å². The van der Waals surface area contributed by atoms with Crippen LogP contribution in [0.2, 0.25) is 0 Å². The number of nitrogens with zero attached hydrogens (tertiary/aromatic N) is 1. The molecule has 0 aromatic heterocycles. The van der Waals surface area contributed by atoms with Gasteiger partial charge in [0.05, 0.1) is 33.8 Å². The number of unbranched alkanes of at least 4 members (excludes halogenated alkanes) is 16. The summed E-state index contributed by atoms with van der Waals surface area (Å²) in [6.07, 6.45) is 56.0. The summed E-state index contributed by atoms with van der Waals surface area (Å²) in [5.41, 5.74) is 0. The molecular weight excluding hydrogens is 820 g/mol. The van der Waals surface area contributed by atoms with E-state index in [-0.39, 0.29) is 37.9 Å². The molecule has 10 heteroatoms. The lowest BCUT2D eigenvalue weighted by molar-refractivity contribution is -0.870. The van der Waals surface area contributed by atoms with Gasteiger partial charge in [-0.05, 0) is 83.1 Å². The predicted molar refractivity (Wildman–Crippen MR) is 272 cm³/mol. The van der Waals surface area contributed by atoms with Gasteiger partial charge in [-0.25, -0.2) is 4.57 Å². The monoisotopic (exact) mass is 916 g/mol. The van der Waals surface area contributed by atoms with E-state index < -0.39 is 20.0 Å². The molecule has 0 saturated carbocycles. The van der Waals surface area contributed by atoms with Gasteiger partial charge in [0.1, 0.15) is 19.3 Å². The lowest BCUT2D eigenvalue weighted by Crippen LogP contribution is -2.47. The first-order valence-corrected chi connectivity index (χ1v) is 26.9.